The zero-order valence-corrected chi connectivity index (χ0v) is 11.0. The molecule has 7 heteroatoms. The molecule has 0 unspecified atom stereocenters. The van der Waals surface area contributed by atoms with Crippen LogP contribution in [0.2, 0.25) is 0 Å². The number of ether oxygens (including phenoxy) is 1. The van der Waals surface area contributed by atoms with Gasteiger partial charge in [0.1, 0.15) is 12.4 Å². The maximum atomic E-state index is 10.7. The first-order valence-corrected chi connectivity index (χ1v) is 6.13. The molecule has 0 aliphatic rings. The summed E-state index contributed by atoms with van der Waals surface area (Å²) in [6.07, 6.45) is 4.33. The van der Waals surface area contributed by atoms with Crippen molar-refractivity contribution in [1.29, 1.82) is 0 Å². The number of hydrogen-bond donors (Lipinski definition) is 1. The SMILES string of the molecule is C[C@@H](O)c1cc([N+](=O)[O-])ccc1OCCn1ccnc1. The second kappa shape index (κ2) is 6.16. The molecule has 0 saturated carbocycles. The van der Waals surface area contributed by atoms with Crippen LogP contribution < -0.4 is 4.74 Å². The highest BCUT2D eigenvalue weighted by Crippen LogP contribution is 2.29. The molecular formula is C13H15N3O4. The number of nitro groups is 1. The summed E-state index contributed by atoms with van der Waals surface area (Å²) in [6.45, 7) is 2.53. The number of nitrogens with zero attached hydrogens (tertiary/aromatic N) is 3. The van der Waals surface area contributed by atoms with E-state index in [2.05, 4.69) is 4.98 Å². The predicted molar refractivity (Wildman–Crippen MR) is 71.5 cm³/mol. The van der Waals surface area contributed by atoms with E-state index < -0.39 is 11.0 Å². The van der Waals surface area contributed by atoms with Gasteiger partial charge < -0.3 is 14.4 Å². The molecule has 7 nitrogen and oxygen atoms in total. The number of aliphatic hydroxyl groups excluding tert-OH is 1. The first-order valence-electron chi connectivity index (χ1n) is 6.13. The highest BCUT2D eigenvalue weighted by molar-refractivity contribution is 5.44. The largest absolute Gasteiger partial charge is 0.491 e. The normalized spacial score (nSPS) is 12.1. The molecule has 0 saturated heterocycles. The van der Waals surface area contributed by atoms with Gasteiger partial charge in [-0.1, -0.05) is 0 Å². The fourth-order valence-corrected chi connectivity index (χ4v) is 1.79. The van der Waals surface area contributed by atoms with Gasteiger partial charge >= 0.3 is 0 Å². The Bertz CT molecular complexity index is 581. The Balaban J connectivity index is 2.08. The molecule has 0 spiro atoms. The van der Waals surface area contributed by atoms with Crippen LogP contribution in [0.25, 0.3) is 0 Å². The van der Waals surface area contributed by atoms with Crippen molar-refractivity contribution in [3.63, 3.8) is 0 Å². The van der Waals surface area contributed by atoms with Crippen LogP contribution in [0, 0.1) is 10.1 Å². The van der Waals surface area contributed by atoms with Gasteiger partial charge in [-0.25, -0.2) is 4.98 Å². The third kappa shape index (κ3) is 3.33. The Hall–Kier alpha value is -2.41. The first-order chi connectivity index (χ1) is 9.58. The van der Waals surface area contributed by atoms with E-state index in [1.165, 1.54) is 18.2 Å². The monoisotopic (exact) mass is 277 g/mol. The molecule has 106 valence electrons. The summed E-state index contributed by atoms with van der Waals surface area (Å²) in [7, 11) is 0. The number of aromatic nitrogens is 2. The molecule has 1 aromatic carbocycles. The minimum atomic E-state index is -0.835. The Morgan fingerprint density at radius 1 is 1.55 bits per heavy atom. The zero-order valence-electron chi connectivity index (χ0n) is 11.0. The van der Waals surface area contributed by atoms with Gasteiger partial charge in [0.25, 0.3) is 5.69 Å². The summed E-state index contributed by atoms with van der Waals surface area (Å²) in [5, 5.41) is 20.4. The molecule has 0 aliphatic heterocycles. The Labute approximate surface area is 115 Å². The van der Waals surface area contributed by atoms with Gasteiger partial charge in [0.2, 0.25) is 0 Å². The molecule has 1 N–H and O–H groups in total. The van der Waals surface area contributed by atoms with Crippen molar-refractivity contribution in [2.75, 3.05) is 6.61 Å². The predicted octanol–water partition coefficient (Wildman–Crippen LogP) is 1.92. The van der Waals surface area contributed by atoms with E-state index in [0.29, 0.717) is 24.5 Å². The van der Waals surface area contributed by atoms with Crippen molar-refractivity contribution in [2.24, 2.45) is 0 Å². The van der Waals surface area contributed by atoms with E-state index in [1.54, 1.807) is 19.4 Å². The van der Waals surface area contributed by atoms with E-state index in [-0.39, 0.29) is 5.69 Å². The van der Waals surface area contributed by atoms with Crippen molar-refractivity contribution in [1.82, 2.24) is 9.55 Å². The third-order valence-corrected chi connectivity index (χ3v) is 2.82. The molecule has 1 heterocycles. The number of rotatable bonds is 6. The molecule has 1 atom stereocenters. The highest BCUT2D eigenvalue weighted by Gasteiger charge is 2.15. The summed E-state index contributed by atoms with van der Waals surface area (Å²) in [5.41, 5.74) is 0.340. The van der Waals surface area contributed by atoms with Crippen LogP contribution >= 0.6 is 0 Å². The molecule has 1 aromatic heterocycles. The molecule has 0 amide bonds. The number of nitro benzene ring substituents is 1. The standard InChI is InChI=1S/C13H15N3O4/c1-10(17)12-8-11(16(18)19)2-3-13(12)20-7-6-15-5-4-14-9-15/h2-5,8-10,17H,6-7H2,1H3/t10-/m1/s1. The number of non-ortho nitro benzene ring substituents is 1. The average molecular weight is 277 g/mol. The lowest BCUT2D eigenvalue weighted by molar-refractivity contribution is -0.385. The van der Waals surface area contributed by atoms with Crippen molar-refractivity contribution >= 4 is 5.69 Å². The minimum Gasteiger partial charge on any atom is -0.491 e. The van der Waals surface area contributed by atoms with Crippen LogP contribution in [0.4, 0.5) is 5.69 Å². The molecule has 20 heavy (non-hydrogen) atoms. The van der Waals surface area contributed by atoms with E-state index in [0.717, 1.165) is 0 Å². The van der Waals surface area contributed by atoms with Crippen LogP contribution in [0.1, 0.15) is 18.6 Å². The number of benzene rings is 1. The van der Waals surface area contributed by atoms with Crippen molar-refractivity contribution in [2.45, 2.75) is 19.6 Å². The van der Waals surface area contributed by atoms with Crippen LogP contribution in [0.3, 0.4) is 0 Å². The van der Waals surface area contributed by atoms with E-state index in [4.69, 9.17) is 4.74 Å². The summed E-state index contributed by atoms with van der Waals surface area (Å²) in [4.78, 5) is 14.1. The maximum absolute atomic E-state index is 10.7. The fraction of sp³-hybridized carbons (Fsp3) is 0.308. The summed E-state index contributed by atoms with van der Waals surface area (Å²) >= 11 is 0. The maximum Gasteiger partial charge on any atom is 0.270 e. The summed E-state index contributed by atoms with van der Waals surface area (Å²) in [6, 6.07) is 4.20. The van der Waals surface area contributed by atoms with Gasteiger partial charge in [-0.15, -0.1) is 0 Å². The van der Waals surface area contributed by atoms with Gasteiger partial charge in [0.05, 0.1) is 23.9 Å². The Kier molecular flexibility index (Phi) is 4.31. The van der Waals surface area contributed by atoms with Gasteiger partial charge in [0, 0.05) is 30.1 Å². The second-order valence-corrected chi connectivity index (χ2v) is 4.30. The number of hydrogen-bond acceptors (Lipinski definition) is 5. The lowest BCUT2D eigenvalue weighted by Crippen LogP contribution is -2.08. The molecule has 0 radical (unpaired) electrons. The Morgan fingerprint density at radius 2 is 2.35 bits per heavy atom. The van der Waals surface area contributed by atoms with Crippen molar-refractivity contribution < 1.29 is 14.8 Å². The number of imidazole rings is 1. The molecule has 0 bridgehead atoms. The quantitative estimate of drug-likeness (QED) is 0.643. The van der Waals surface area contributed by atoms with Crippen molar-refractivity contribution in [3.05, 3.63) is 52.6 Å². The molecule has 0 aliphatic carbocycles. The molecule has 2 aromatic rings. The fourth-order valence-electron chi connectivity index (χ4n) is 1.79. The highest BCUT2D eigenvalue weighted by atomic mass is 16.6. The molecule has 0 fully saturated rings. The average Bonchev–Trinajstić information content (AvgIpc) is 2.91. The molecule has 2 rings (SSSR count). The van der Waals surface area contributed by atoms with Gasteiger partial charge in [-0.05, 0) is 13.0 Å². The van der Waals surface area contributed by atoms with Crippen LogP contribution in [0.5, 0.6) is 5.75 Å². The van der Waals surface area contributed by atoms with Crippen LogP contribution in [-0.2, 0) is 6.54 Å². The van der Waals surface area contributed by atoms with E-state index in [1.807, 2.05) is 10.8 Å². The van der Waals surface area contributed by atoms with Gasteiger partial charge in [-0.2, -0.15) is 0 Å². The van der Waals surface area contributed by atoms with Crippen LogP contribution in [0.15, 0.2) is 36.9 Å². The van der Waals surface area contributed by atoms with Gasteiger partial charge in [-0.3, -0.25) is 10.1 Å². The Morgan fingerprint density at radius 3 is 2.95 bits per heavy atom. The van der Waals surface area contributed by atoms with Crippen molar-refractivity contribution in [3.8, 4) is 5.75 Å². The first kappa shape index (κ1) is 14.0. The van der Waals surface area contributed by atoms with E-state index in [9.17, 15) is 15.2 Å². The third-order valence-electron chi connectivity index (χ3n) is 2.82. The lowest BCUT2D eigenvalue weighted by atomic mass is 10.1. The van der Waals surface area contributed by atoms with Gasteiger partial charge in [0.15, 0.2) is 0 Å². The van der Waals surface area contributed by atoms with E-state index >= 15 is 0 Å². The summed E-state index contributed by atoms with van der Waals surface area (Å²) < 4.78 is 7.43. The zero-order chi connectivity index (χ0) is 14.5. The summed E-state index contributed by atoms with van der Waals surface area (Å²) in [5.74, 6) is 0.450. The lowest BCUT2D eigenvalue weighted by Gasteiger charge is -2.13. The smallest absolute Gasteiger partial charge is 0.270 e. The van der Waals surface area contributed by atoms with Crippen LogP contribution in [-0.4, -0.2) is 26.2 Å². The minimum absolute atomic E-state index is 0.0668. The number of aliphatic hydroxyl groups is 1. The molecular weight excluding hydrogens is 262 g/mol. The second-order valence-electron chi connectivity index (χ2n) is 4.30. The topological polar surface area (TPSA) is 90.4 Å².